The zero-order valence-corrected chi connectivity index (χ0v) is 18.5. The molecule has 5 rings (SSSR count). The molecule has 0 saturated carbocycles. The molecule has 8 heteroatoms. The first-order valence-corrected chi connectivity index (χ1v) is 11.0. The lowest BCUT2D eigenvalue weighted by Gasteiger charge is -2.21. The summed E-state index contributed by atoms with van der Waals surface area (Å²) in [6, 6.07) is 11.7. The van der Waals surface area contributed by atoms with Gasteiger partial charge in [0.15, 0.2) is 11.5 Å². The number of nitrogens with zero attached hydrogens (tertiary/aromatic N) is 3. The highest BCUT2D eigenvalue weighted by Crippen LogP contribution is 2.31. The van der Waals surface area contributed by atoms with Gasteiger partial charge < -0.3 is 14.3 Å². The number of carbonyl (C=O) groups excluding carboxylic acids is 1. The van der Waals surface area contributed by atoms with Crippen LogP contribution in [0, 0.1) is 6.92 Å². The third kappa shape index (κ3) is 4.00. The molecule has 1 N–H and O–H groups in total. The van der Waals surface area contributed by atoms with Gasteiger partial charge in [0.25, 0.3) is 5.56 Å². The Hall–Kier alpha value is -3.94. The van der Waals surface area contributed by atoms with E-state index < -0.39 is 11.6 Å². The van der Waals surface area contributed by atoms with E-state index in [-0.39, 0.29) is 5.91 Å². The molecule has 1 atom stereocenters. The van der Waals surface area contributed by atoms with Gasteiger partial charge in [-0.25, -0.2) is 4.68 Å². The standard InChI is InChI=1S/C25H24N4O4/c1-15-13-22(33-28-15)19-14-23(30)29(27-24(19)21-11-6-12-32-21)16(2)25(31)26-20-10-5-8-17-7-3-4-9-18(17)20/h5-6,8,10-14,16H,3-4,7,9H2,1-2H3,(H,26,31)/t16-/m0/s1. The van der Waals surface area contributed by atoms with E-state index in [1.54, 1.807) is 32.0 Å². The predicted molar refractivity (Wildman–Crippen MR) is 123 cm³/mol. The molecule has 1 aromatic carbocycles. The number of amides is 1. The molecule has 1 amide bonds. The molecule has 33 heavy (non-hydrogen) atoms. The van der Waals surface area contributed by atoms with Gasteiger partial charge >= 0.3 is 0 Å². The van der Waals surface area contributed by atoms with Gasteiger partial charge in [-0.2, -0.15) is 5.10 Å². The van der Waals surface area contributed by atoms with Crippen molar-refractivity contribution in [2.45, 2.75) is 45.6 Å². The summed E-state index contributed by atoms with van der Waals surface area (Å²) in [6.45, 7) is 3.45. The minimum atomic E-state index is -0.837. The number of carbonyl (C=O) groups is 1. The molecule has 0 bridgehead atoms. The number of aromatic nitrogens is 3. The SMILES string of the molecule is Cc1cc(-c2cc(=O)n([C@@H](C)C(=O)Nc3cccc4c3CCCC4)nc2-c2ccco2)on1. The summed E-state index contributed by atoms with van der Waals surface area (Å²) in [7, 11) is 0. The number of aryl methyl sites for hydroxylation is 2. The van der Waals surface area contributed by atoms with Gasteiger partial charge in [-0.3, -0.25) is 9.59 Å². The van der Waals surface area contributed by atoms with Crippen molar-refractivity contribution in [1.29, 1.82) is 0 Å². The van der Waals surface area contributed by atoms with Gasteiger partial charge in [-0.1, -0.05) is 17.3 Å². The van der Waals surface area contributed by atoms with Crippen LogP contribution in [0.3, 0.4) is 0 Å². The second-order valence-corrected chi connectivity index (χ2v) is 8.31. The maximum absolute atomic E-state index is 13.1. The smallest absolute Gasteiger partial charge is 0.268 e. The number of hydrogen-bond acceptors (Lipinski definition) is 6. The molecule has 0 fully saturated rings. The van der Waals surface area contributed by atoms with E-state index in [1.807, 2.05) is 12.1 Å². The lowest BCUT2D eigenvalue weighted by molar-refractivity contribution is -0.119. The number of furan rings is 1. The maximum atomic E-state index is 13.1. The summed E-state index contributed by atoms with van der Waals surface area (Å²) in [6.07, 6.45) is 5.74. The molecule has 0 unspecified atom stereocenters. The van der Waals surface area contributed by atoms with Crippen LogP contribution in [0.4, 0.5) is 5.69 Å². The van der Waals surface area contributed by atoms with Gasteiger partial charge in [-0.05, 0) is 68.9 Å². The van der Waals surface area contributed by atoms with Crippen LogP contribution in [-0.2, 0) is 17.6 Å². The Kier molecular flexibility index (Phi) is 5.42. The van der Waals surface area contributed by atoms with Crippen molar-refractivity contribution in [3.8, 4) is 22.8 Å². The Morgan fingerprint density at radius 3 is 2.73 bits per heavy atom. The number of rotatable bonds is 5. The van der Waals surface area contributed by atoms with E-state index in [1.165, 1.54) is 28.1 Å². The molecule has 3 aromatic heterocycles. The fourth-order valence-corrected chi connectivity index (χ4v) is 4.27. The second-order valence-electron chi connectivity index (χ2n) is 8.31. The van der Waals surface area contributed by atoms with Crippen molar-refractivity contribution in [1.82, 2.24) is 14.9 Å². The highest BCUT2D eigenvalue weighted by atomic mass is 16.5. The summed E-state index contributed by atoms with van der Waals surface area (Å²) in [4.78, 5) is 26.1. The van der Waals surface area contributed by atoms with E-state index in [9.17, 15) is 9.59 Å². The van der Waals surface area contributed by atoms with Gasteiger partial charge in [0, 0.05) is 17.8 Å². The lowest BCUT2D eigenvalue weighted by Crippen LogP contribution is -2.34. The Balaban J connectivity index is 1.51. The maximum Gasteiger partial charge on any atom is 0.268 e. The number of benzene rings is 1. The summed E-state index contributed by atoms with van der Waals surface area (Å²) in [5, 5.41) is 11.4. The number of hydrogen-bond donors (Lipinski definition) is 1. The topological polar surface area (TPSA) is 103 Å². The quantitative estimate of drug-likeness (QED) is 0.485. The molecular weight excluding hydrogens is 420 g/mol. The normalized spacial score (nSPS) is 14.0. The van der Waals surface area contributed by atoms with Crippen molar-refractivity contribution in [3.05, 3.63) is 75.9 Å². The van der Waals surface area contributed by atoms with Crippen LogP contribution in [0.5, 0.6) is 0 Å². The fourth-order valence-electron chi connectivity index (χ4n) is 4.27. The van der Waals surface area contributed by atoms with Crippen LogP contribution in [0.25, 0.3) is 22.8 Å². The third-order valence-electron chi connectivity index (χ3n) is 6.00. The predicted octanol–water partition coefficient (Wildman–Crippen LogP) is 4.55. The largest absolute Gasteiger partial charge is 0.463 e. The van der Waals surface area contributed by atoms with Crippen molar-refractivity contribution >= 4 is 11.6 Å². The van der Waals surface area contributed by atoms with E-state index in [0.717, 1.165) is 31.4 Å². The average molecular weight is 444 g/mol. The highest BCUT2D eigenvalue weighted by Gasteiger charge is 2.24. The summed E-state index contributed by atoms with van der Waals surface area (Å²) >= 11 is 0. The minimum absolute atomic E-state index is 0.308. The Morgan fingerprint density at radius 2 is 1.97 bits per heavy atom. The van der Waals surface area contributed by atoms with Crippen LogP contribution in [0.15, 0.2) is 62.5 Å². The molecule has 0 radical (unpaired) electrons. The molecule has 4 aromatic rings. The number of anilines is 1. The molecule has 0 spiro atoms. The number of fused-ring (bicyclic) bond motifs is 1. The van der Waals surface area contributed by atoms with Crippen molar-refractivity contribution in [2.24, 2.45) is 0 Å². The zero-order valence-electron chi connectivity index (χ0n) is 18.5. The van der Waals surface area contributed by atoms with Gasteiger partial charge in [-0.15, -0.1) is 0 Å². The van der Waals surface area contributed by atoms with Gasteiger partial charge in [0.2, 0.25) is 5.91 Å². The van der Waals surface area contributed by atoms with E-state index in [4.69, 9.17) is 8.94 Å². The van der Waals surface area contributed by atoms with Crippen LogP contribution in [-0.4, -0.2) is 20.8 Å². The molecule has 1 aliphatic carbocycles. The first kappa shape index (κ1) is 20.9. The van der Waals surface area contributed by atoms with Crippen LogP contribution < -0.4 is 10.9 Å². The third-order valence-corrected chi connectivity index (χ3v) is 6.00. The van der Waals surface area contributed by atoms with Crippen LogP contribution in [0.1, 0.15) is 42.6 Å². The molecule has 0 aliphatic heterocycles. The highest BCUT2D eigenvalue weighted by molar-refractivity contribution is 5.94. The summed E-state index contributed by atoms with van der Waals surface area (Å²) in [5.41, 5.74) is 4.36. The molecule has 3 heterocycles. The van der Waals surface area contributed by atoms with Crippen LogP contribution in [0.2, 0.25) is 0 Å². The van der Waals surface area contributed by atoms with Crippen LogP contribution >= 0.6 is 0 Å². The molecule has 0 saturated heterocycles. The fraction of sp³-hybridized carbons (Fsp3) is 0.280. The summed E-state index contributed by atoms with van der Waals surface area (Å²) < 4.78 is 12.1. The number of nitrogens with one attached hydrogen (secondary N) is 1. The molecular formula is C25H24N4O4. The van der Waals surface area contributed by atoms with E-state index in [2.05, 4.69) is 21.6 Å². The van der Waals surface area contributed by atoms with Gasteiger partial charge in [0.1, 0.15) is 11.7 Å². The first-order chi connectivity index (χ1) is 16.0. The van der Waals surface area contributed by atoms with Crippen molar-refractivity contribution < 1.29 is 13.7 Å². The van der Waals surface area contributed by atoms with Crippen molar-refractivity contribution in [3.63, 3.8) is 0 Å². The van der Waals surface area contributed by atoms with Gasteiger partial charge in [0.05, 0.1) is 17.5 Å². The Labute approximate surface area is 190 Å². The molecule has 8 nitrogen and oxygen atoms in total. The zero-order chi connectivity index (χ0) is 22.9. The second kappa shape index (κ2) is 8.54. The lowest BCUT2D eigenvalue weighted by atomic mass is 9.90. The van der Waals surface area contributed by atoms with E-state index in [0.29, 0.717) is 28.5 Å². The van der Waals surface area contributed by atoms with E-state index >= 15 is 0 Å². The minimum Gasteiger partial charge on any atom is -0.463 e. The molecule has 1 aliphatic rings. The molecule has 168 valence electrons. The first-order valence-electron chi connectivity index (χ1n) is 11.0. The Bertz CT molecular complexity index is 1370. The average Bonchev–Trinajstić information content (AvgIpc) is 3.51. The van der Waals surface area contributed by atoms with Crippen molar-refractivity contribution in [2.75, 3.05) is 5.32 Å². The monoisotopic (exact) mass is 444 g/mol. The summed E-state index contributed by atoms with van der Waals surface area (Å²) in [5.74, 6) is 0.554. The Morgan fingerprint density at radius 1 is 1.12 bits per heavy atom.